The largest absolute Gasteiger partial charge is 0.394 e. The highest BCUT2D eigenvalue weighted by Crippen LogP contribution is 2.20. The molecule has 1 aromatic heterocycles. The van der Waals surface area contributed by atoms with Gasteiger partial charge in [-0.2, -0.15) is 5.10 Å². The summed E-state index contributed by atoms with van der Waals surface area (Å²) in [5.74, 6) is -0.303. The zero-order valence-electron chi connectivity index (χ0n) is 10.1. The molecule has 18 heavy (non-hydrogen) atoms. The van der Waals surface area contributed by atoms with Gasteiger partial charge in [-0.3, -0.25) is 9.89 Å². The van der Waals surface area contributed by atoms with Crippen molar-refractivity contribution < 1.29 is 9.90 Å². The van der Waals surface area contributed by atoms with Crippen molar-refractivity contribution in [1.29, 1.82) is 0 Å². The van der Waals surface area contributed by atoms with Crippen LogP contribution in [-0.4, -0.2) is 33.4 Å². The van der Waals surface area contributed by atoms with E-state index < -0.39 is 5.54 Å². The second-order valence-corrected chi connectivity index (χ2v) is 5.67. The Morgan fingerprint density at radius 2 is 2.28 bits per heavy atom. The van der Waals surface area contributed by atoms with Crippen LogP contribution in [0.5, 0.6) is 0 Å². The number of hydrogen-bond donors (Lipinski definition) is 3. The smallest absolute Gasteiger partial charge is 0.272 e. The molecule has 0 bridgehead atoms. The van der Waals surface area contributed by atoms with Crippen LogP contribution in [-0.2, 0) is 0 Å². The van der Waals surface area contributed by atoms with Crippen molar-refractivity contribution in [3.05, 3.63) is 28.4 Å². The monoisotopic (exact) mass is 311 g/mol. The molecule has 0 fully saturated rings. The number of aromatic nitrogens is 2. The van der Waals surface area contributed by atoms with E-state index in [-0.39, 0.29) is 12.5 Å². The zero-order chi connectivity index (χ0) is 13.3. The minimum Gasteiger partial charge on any atom is -0.394 e. The van der Waals surface area contributed by atoms with Crippen LogP contribution in [0.25, 0.3) is 10.9 Å². The lowest BCUT2D eigenvalue weighted by Crippen LogP contribution is -2.46. The number of hydrogen-bond acceptors (Lipinski definition) is 3. The molecule has 0 aliphatic heterocycles. The van der Waals surface area contributed by atoms with E-state index in [1.165, 1.54) is 0 Å². The number of aromatic amines is 1. The Bertz CT molecular complexity index is 592. The number of carbonyl (C=O) groups excluding carboxylic acids is 1. The Hall–Kier alpha value is -1.40. The molecule has 3 N–H and O–H groups in total. The van der Waals surface area contributed by atoms with Gasteiger partial charge < -0.3 is 10.4 Å². The van der Waals surface area contributed by atoms with Gasteiger partial charge in [-0.25, -0.2) is 0 Å². The third-order valence-electron chi connectivity index (χ3n) is 2.59. The fraction of sp³-hybridized carbons (Fsp3) is 0.333. The van der Waals surface area contributed by atoms with E-state index in [1.54, 1.807) is 13.8 Å². The number of rotatable bonds is 3. The van der Waals surface area contributed by atoms with E-state index in [1.807, 2.05) is 18.2 Å². The fourth-order valence-corrected chi connectivity index (χ4v) is 1.93. The van der Waals surface area contributed by atoms with Gasteiger partial charge in [0.1, 0.15) is 0 Å². The van der Waals surface area contributed by atoms with Gasteiger partial charge in [0.2, 0.25) is 0 Å². The molecule has 0 radical (unpaired) electrons. The first-order chi connectivity index (χ1) is 8.43. The fourth-order valence-electron chi connectivity index (χ4n) is 1.57. The third kappa shape index (κ3) is 2.54. The van der Waals surface area contributed by atoms with Crippen LogP contribution < -0.4 is 5.32 Å². The number of aliphatic hydroxyl groups excluding tert-OH is 1. The minimum atomic E-state index is -0.669. The molecule has 1 heterocycles. The molecule has 6 heteroatoms. The van der Waals surface area contributed by atoms with E-state index in [9.17, 15) is 4.79 Å². The van der Waals surface area contributed by atoms with Crippen molar-refractivity contribution in [2.45, 2.75) is 19.4 Å². The highest BCUT2D eigenvalue weighted by Gasteiger charge is 2.22. The first-order valence-electron chi connectivity index (χ1n) is 5.50. The van der Waals surface area contributed by atoms with E-state index in [0.717, 1.165) is 15.4 Å². The van der Waals surface area contributed by atoms with Crippen LogP contribution in [0.3, 0.4) is 0 Å². The number of nitrogens with one attached hydrogen (secondary N) is 2. The number of amides is 1. The molecule has 0 unspecified atom stereocenters. The average Bonchev–Trinajstić information content (AvgIpc) is 2.71. The van der Waals surface area contributed by atoms with Crippen molar-refractivity contribution >= 4 is 32.7 Å². The molecule has 0 saturated heterocycles. The molecule has 0 spiro atoms. The Balaban J connectivity index is 2.34. The summed E-state index contributed by atoms with van der Waals surface area (Å²) in [4.78, 5) is 12.1. The van der Waals surface area contributed by atoms with Crippen LogP contribution >= 0.6 is 15.9 Å². The summed E-state index contributed by atoms with van der Waals surface area (Å²) in [6.07, 6.45) is 0. The zero-order valence-corrected chi connectivity index (χ0v) is 11.7. The van der Waals surface area contributed by atoms with E-state index in [0.29, 0.717) is 5.69 Å². The van der Waals surface area contributed by atoms with Crippen molar-refractivity contribution in [3.63, 3.8) is 0 Å². The number of aliphatic hydroxyl groups is 1. The predicted molar refractivity (Wildman–Crippen MR) is 72.4 cm³/mol. The summed E-state index contributed by atoms with van der Waals surface area (Å²) in [5.41, 5.74) is 0.452. The van der Waals surface area contributed by atoms with Crippen molar-refractivity contribution in [2.75, 3.05) is 6.61 Å². The van der Waals surface area contributed by atoms with Crippen molar-refractivity contribution in [1.82, 2.24) is 15.5 Å². The topological polar surface area (TPSA) is 78.0 Å². The summed E-state index contributed by atoms with van der Waals surface area (Å²) >= 11 is 3.36. The molecule has 0 saturated carbocycles. The van der Waals surface area contributed by atoms with Gasteiger partial charge in [-0.15, -0.1) is 0 Å². The lowest BCUT2D eigenvalue weighted by molar-refractivity contribution is 0.0866. The molecule has 1 aromatic carbocycles. The molecule has 0 atom stereocenters. The Morgan fingerprint density at radius 1 is 1.56 bits per heavy atom. The Morgan fingerprint density at radius 3 is 2.94 bits per heavy atom. The predicted octanol–water partition coefficient (Wildman–Crippen LogP) is 1.83. The maximum atomic E-state index is 12.1. The van der Waals surface area contributed by atoms with Gasteiger partial charge in [0.05, 0.1) is 17.7 Å². The van der Waals surface area contributed by atoms with Gasteiger partial charge in [-0.05, 0) is 32.0 Å². The lowest BCUT2D eigenvalue weighted by Gasteiger charge is -2.22. The molecule has 2 rings (SSSR count). The van der Waals surface area contributed by atoms with Crippen LogP contribution in [0, 0.1) is 0 Å². The number of H-pyrrole nitrogens is 1. The molecular formula is C12H14BrN3O2. The van der Waals surface area contributed by atoms with Gasteiger partial charge >= 0.3 is 0 Å². The Kier molecular flexibility index (Phi) is 3.41. The van der Waals surface area contributed by atoms with Gasteiger partial charge in [0.25, 0.3) is 5.91 Å². The Labute approximate surface area is 113 Å². The summed E-state index contributed by atoms with van der Waals surface area (Å²) in [7, 11) is 0. The van der Waals surface area contributed by atoms with Gasteiger partial charge in [0, 0.05) is 9.86 Å². The number of nitrogens with zero attached hydrogens (tertiary/aromatic N) is 1. The highest BCUT2D eigenvalue weighted by atomic mass is 79.9. The van der Waals surface area contributed by atoms with E-state index >= 15 is 0 Å². The van der Waals surface area contributed by atoms with Gasteiger partial charge in [-0.1, -0.05) is 15.9 Å². The number of fused-ring (bicyclic) bond motifs is 1. The van der Waals surface area contributed by atoms with Crippen LogP contribution in [0.2, 0.25) is 0 Å². The summed E-state index contributed by atoms with van der Waals surface area (Å²) in [6.45, 7) is 3.36. The van der Waals surface area contributed by atoms with E-state index in [4.69, 9.17) is 5.11 Å². The second kappa shape index (κ2) is 4.70. The molecule has 96 valence electrons. The molecular weight excluding hydrogens is 298 g/mol. The molecule has 0 aliphatic carbocycles. The van der Waals surface area contributed by atoms with Crippen molar-refractivity contribution in [3.8, 4) is 0 Å². The standard InChI is InChI=1S/C12H14BrN3O2/c1-12(2,6-17)14-11(18)10-8-4-3-7(13)5-9(8)15-16-10/h3-5,17H,6H2,1-2H3,(H,14,18)(H,15,16). The SMILES string of the molecule is CC(C)(CO)NC(=O)c1n[nH]c2cc(Br)ccc12. The maximum Gasteiger partial charge on any atom is 0.272 e. The number of halogens is 1. The quantitative estimate of drug-likeness (QED) is 0.809. The van der Waals surface area contributed by atoms with Crippen molar-refractivity contribution in [2.24, 2.45) is 0 Å². The highest BCUT2D eigenvalue weighted by molar-refractivity contribution is 9.10. The first-order valence-corrected chi connectivity index (χ1v) is 6.29. The normalized spacial score (nSPS) is 11.8. The molecule has 5 nitrogen and oxygen atoms in total. The summed E-state index contributed by atoms with van der Waals surface area (Å²) in [6, 6.07) is 5.53. The van der Waals surface area contributed by atoms with E-state index in [2.05, 4.69) is 31.4 Å². The number of carbonyl (C=O) groups is 1. The molecule has 2 aromatic rings. The average molecular weight is 312 g/mol. The maximum absolute atomic E-state index is 12.1. The second-order valence-electron chi connectivity index (χ2n) is 4.76. The third-order valence-corrected chi connectivity index (χ3v) is 3.08. The van der Waals surface area contributed by atoms with Crippen LogP contribution in [0.1, 0.15) is 24.3 Å². The van der Waals surface area contributed by atoms with Crippen LogP contribution in [0.4, 0.5) is 0 Å². The molecule has 0 aliphatic rings. The van der Waals surface area contributed by atoms with Gasteiger partial charge in [0.15, 0.2) is 5.69 Å². The number of benzene rings is 1. The minimum absolute atomic E-state index is 0.132. The lowest BCUT2D eigenvalue weighted by atomic mass is 10.1. The summed E-state index contributed by atoms with van der Waals surface area (Å²) < 4.78 is 0.918. The molecule has 1 amide bonds. The first kappa shape index (κ1) is 13.0. The summed E-state index contributed by atoms with van der Waals surface area (Å²) in [5, 5.41) is 19.5. The van der Waals surface area contributed by atoms with Crippen LogP contribution in [0.15, 0.2) is 22.7 Å².